The zero-order chi connectivity index (χ0) is 19.7. The van der Waals surface area contributed by atoms with Crippen LogP contribution in [0.4, 0.5) is 0 Å². The van der Waals surface area contributed by atoms with Crippen LogP contribution in [0.5, 0.6) is 11.5 Å². The molecule has 2 aromatic rings. The Balaban J connectivity index is 2.20. The minimum Gasteiger partial charge on any atom is -0.546 e. The SMILES string of the molecule is CC(Oc1cc(OC(C)C(=O)[O-])c2c3c(c(=O)oc2c1)CCCC3)C(=O)[O-]. The maximum absolute atomic E-state index is 12.3. The minimum absolute atomic E-state index is 0.0543. The number of hydrogen-bond donors (Lipinski definition) is 0. The molecular formula is C19H18O8-2. The monoisotopic (exact) mass is 374 g/mol. The van der Waals surface area contributed by atoms with Gasteiger partial charge in [-0.3, -0.25) is 0 Å². The van der Waals surface area contributed by atoms with Crippen LogP contribution >= 0.6 is 0 Å². The van der Waals surface area contributed by atoms with E-state index >= 15 is 0 Å². The third kappa shape index (κ3) is 3.74. The molecule has 0 amide bonds. The van der Waals surface area contributed by atoms with Crippen molar-refractivity contribution < 1.29 is 33.7 Å². The molecule has 0 N–H and O–H groups in total. The van der Waals surface area contributed by atoms with Crippen molar-refractivity contribution in [2.45, 2.75) is 51.7 Å². The van der Waals surface area contributed by atoms with Gasteiger partial charge < -0.3 is 33.7 Å². The summed E-state index contributed by atoms with van der Waals surface area (Å²) < 4.78 is 16.2. The van der Waals surface area contributed by atoms with Gasteiger partial charge in [0.25, 0.3) is 0 Å². The summed E-state index contributed by atoms with van der Waals surface area (Å²) >= 11 is 0. The van der Waals surface area contributed by atoms with Crippen LogP contribution in [0.25, 0.3) is 11.0 Å². The van der Waals surface area contributed by atoms with E-state index in [1.54, 1.807) is 0 Å². The lowest BCUT2D eigenvalue weighted by Crippen LogP contribution is -2.37. The molecule has 1 aliphatic carbocycles. The molecule has 1 aromatic heterocycles. The number of fused-ring (bicyclic) bond motifs is 3. The lowest BCUT2D eigenvalue weighted by atomic mass is 9.90. The van der Waals surface area contributed by atoms with Gasteiger partial charge >= 0.3 is 5.63 Å². The lowest BCUT2D eigenvalue weighted by Gasteiger charge is -2.22. The first-order chi connectivity index (χ1) is 12.8. The number of ether oxygens (including phenoxy) is 2. The third-order valence-corrected chi connectivity index (χ3v) is 4.54. The quantitative estimate of drug-likeness (QED) is 0.631. The molecule has 1 aliphatic rings. The van der Waals surface area contributed by atoms with Crippen LogP contribution in [0.15, 0.2) is 21.3 Å². The van der Waals surface area contributed by atoms with Gasteiger partial charge in [0, 0.05) is 17.7 Å². The molecule has 0 fully saturated rings. The van der Waals surface area contributed by atoms with E-state index in [-0.39, 0.29) is 17.1 Å². The number of benzene rings is 1. The number of carboxylic acid groups (broad SMARTS) is 2. The molecule has 2 unspecified atom stereocenters. The number of aliphatic carboxylic acids is 2. The zero-order valence-electron chi connectivity index (χ0n) is 14.9. The Labute approximate surface area is 154 Å². The number of carbonyl (C=O) groups is 2. The second-order valence-electron chi connectivity index (χ2n) is 6.51. The van der Waals surface area contributed by atoms with Crippen molar-refractivity contribution in [3.8, 4) is 11.5 Å². The summed E-state index contributed by atoms with van der Waals surface area (Å²) in [6.45, 7) is 2.59. The van der Waals surface area contributed by atoms with E-state index in [1.807, 2.05) is 0 Å². The summed E-state index contributed by atoms with van der Waals surface area (Å²) in [5.41, 5.74) is 0.981. The van der Waals surface area contributed by atoms with Crippen LogP contribution in [0.3, 0.4) is 0 Å². The Morgan fingerprint density at radius 3 is 2.22 bits per heavy atom. The Bertz CT molecular complexity index is 958. The molecule has 1 aromatic carbocycles. The third-order valence-electron chi connectivity index (χ3n) is 4.54. The van der Waals surface area contributed by atoms with Gasteiger partial charge in [0.05, 0.1) is 17.3 Å². The molecular weight excluding hydrogens is 356 g/mol. The maximum Gasteiger partial charge on any atom is 0.339 e. The molecule has 0 radical (unpaired) electrons. The molecule has 3 rings (SSSR count). The van der Waals surface area contributed by atoms with Gasteiger partial charge in [0.1, 0.15) is 29.3 Å². The Morgan fingerprint density at radius 2 is 1.59 bits per heavy atom. The van der Waals surface area contributed by atoms with Crippen LogP contribution in [0.1, 0.15) is 37.8 Å². The van der Waals surface area contributed by atoms with E-state index < -0.39 is 29.8 Å². The summed E-state index contributed by atoms with van der Waals surface area (Å²) in [6.07, 6.45) is 0.401. The molecule has 0 saturated carbocycles. The second-order valence-corrected chi connectivity index (χ2v) is 6.51. The van der Waals surface area contributed by atoms with Gasteiger partial charge in [-0.1, -0.05) is 0 Å². The molecule has 1 heterocycles. The van der Waals surface area contributed by atoms with Gasteiger partial charge in [-0.05, 0) is 45.1 Å². The first kappa shape index (κ1) is 18.8. The average Bonchev–Trinajstić information content (AvgIpc) is 2.61. The van der Waals surface area contributed by atoms with Gasteiger partial charge in [-0.25, -0.2) is 4.79 Å². The van der Waals surface area contributed by atoms with Crippen LogP contribution in [0, 0.1) is 0 Å². The predicted molar refractivity (Wildman–Crippen MR) is 89.3 cm³/mol. The van der Waals surface area contributed by atoms with E-state index in [9.17, 15) is 24.6 Å². The fourth-order valence-corrected chi connectivity index (χ4v) is 3.16. The van der Waals surface area contributed by atoms with Gasteiger partial charge in [0.2, 0.25) is 0 Å². The van der Waals surface area contributed by atoms with Crippen molar-refractivity contribution in [1.82, 2.24) is 0 Å². The van der Waals surface area contributed by atoms with Gasteiger partial charge in [-0.15, -0.1) is 0 Å². The first-order valence-corrected chi connectivity index (χ1v) is 8.65. The molecule has 0 spiro atoms. The van der Waals surface area contributed by atoms with Crippen LogP contribution in [-0.4, -0.2) is 24.1 Å². The van der Waals surface area contributed by atoms with Crippen molar-refractivity contribution >= 4 is 22.9 Å². The largest absolute Gasteiger partial charge is 0.546 e. The molecule has 8 heteroatoms. The highest BCUT2D eigenvalue weighted by Crippen LogP contribution is 2.37. The fraction of sp³-hybridized carbons (Fsp3) is 0.421. The highest BCUT2D eigenvalue weighted by atomic mass is 16.5. The van der Waals surface area contributed by atoms with Crippen LogP contribution < -0.4 is 25.3 Å². The molecule has 144 valence electrons. The van der Waals surface area contributed by atoms with Crippen molar-refractivity contribution in [1.29, 1.82) is 0 Å². The molecule has 0 bridgehead atoms. The summed E-state index contributed by atoms with van der Waals surface area (Å²) in [5, 5.41) is 22.5. The Hall–Kier alpha value is -3.03. The number of aryl methyl sites for hydroxylation is 1. The van der Waals surface area contributed by atoms with Gasteiger partial charge in [-0.2, -0.15) is 0 Å². The molecule has 8 nitrogen and oxygen atoms in total. The van der Waals surface area contributed by atoms with E-state index in [4.69, 9.17) is 13.9 Å². The number of carboxylic acids is 2. The number of hydrogen-bond acceptors (Lipinski definition) is 8. The molecule has 0 saturated heterocycles. The van der Waals surface area contributed by atoms with Crippen LogP contribution in [-0.2, 0) is 22.4 Å². The van der Waals surface area contributed by atoms with Crippen molar-refractivity contribution in [3.05, 3.63) is 33.7 Å². The van der Waals surface area contributed by atoms with Crippen molar-refractivity contribution in [2.24, 2.45) is 0 Å². The first-order valence-electron chi connectivity index (χ1n) is 8.65. The van der Waals surface area contributed by atoms with E-state index in [1.165, 1.54) is 26.0 Å². The van der Waals surface area contributed by atoms with Crippen LogP contribution in [0.2, 0.25) is 0 Å². The summed E-state index contributed by atoms with van der Waals surface area (Å²) in [5.74, 6) is -2.65. The Morgan fingerprint density at radius 1 is 1.00 bits per heavy atom. The summed E-state index contributed by atoms with van der Waals surface area (Å²) in [4.78, 5) is 34.4. The fourth-order valence-electron chi connectivity index (χ4n) is 3.16. The summed E-state index contributed by atoms with van der Waals surface area (Å²) in [6, 6.07) is 2.78. The number of carbonyl (C=O) groups excluding carboxylic acids is 2. The zero-order valence-corrected chi connectivity index (χ0v) is 14.9. The lowest BCUT2D eigenvalue weighted by molar-refractivity contribution is -0.313. The molecule has 0 aliphatic heterocycles. The molecule has 2 atom stereocenters. The van der Waals surface area contributed by atoms with Crippen molar-refractivity contribution in [3.63, 3.8) is 0 Å². The maximum atomic E-state index is 12.3. The topological polar surface area (TPSA) is 129 Å². The normalized spacial score (nSPS) is 15.6. The standard InChI is InChI=1S/C19H20O8/c1-9(17(20)21)25-11-7-14(26-10(2)18(22)23)16-12-5-3-4-6-13(12)19(24)27-15(16)8-11/h7-10H,3-6H2,1-2H3,(H,20,21)(H,22,23)/p-2. The highest BCUT2D eigenvalue weighted by molar-refractivity contribution is 5.90. The molecule has 27 heavy (non-hydrogen) atoms. The minimum atomic E-state index is -1.42. The average molecular weight is 374 g/mol. The second kappa shape index (κ2) is 7.30. The van der Waals surface area contributed by atoms with E-state index in [0.29, 0.717) is 23.8 Å². The Kier molecular flexibility index (Phi) is 5.07. The van der Waals surface area contributed by atoms with Gasteiger partial charge in [0.15, 0.2) is 0 Å². The highest BCUT2D eigenvalue weighted by Gasteiger charge is 2.23. The van der Waals surface area contributed by atoms with E-state index in [0.717, 1.165) is 18.4 Å². The summed E-state index contributed by atoms with van der Waals surface area (Å²) in [7, 11) is 0. The predicted octanol–water partition coefficient (Wildman–Crippen LogP) is -0.294. The number of rotatable bonds is 6. The van der Waals surface area contributed by atoms with E-state index in [2.05, 4.69) is 0 Å². The smallest absolute Gasteiger partial charge is 0.339 e. The van der Waals surface area contributed by atoms with Crippen molar-refractivity contribution in [2.75, 3.05) is 0 Å².